The molecule has 0 amide bonds. The lowest BCUT2D eigenvalue weighted by atomic mass is 10.3. The molecule has 2 N–H and O–H groups in total. The predicted octanol–water partition coefficient (Wildman–Crippen LogP) is 0.630. The van der Waals surface area contributed by atoms with Gasteiger partial charge in [0, 0.05) is 6.20 Å². The monoisotopic (exact) mass is 203 g/mol. The SMILES string of the molecule is O=c1[nH]ccc(CO)c1Br. The topological polar surface area (TPSA) is 53.1 Å². The standard InChI is InChI=1S/C6H6BrNO2/c7-5-4(3-9)1-2-8-6(5)10/h1-2,9H,3H2,(H,8,10). The van der Waals surface area contributed by atoms with Crippen molar-refractivity contribution >= 4 is 15.9 Å². The quantitative estimate of drug-likeness (QED) is 0.704. The fourth-order valence-corrected chi connectivity index (χ4v) is 0.994. The van der Waals surface area contributed by atoms with Crippen LogP contribution in [0.1, 0.15) is 5.56 Å². The van der Waals surface area contributed by atoms with Crippen LogP contribution >= 0.6 is 15.9 Å². The third-order valence-electron chi connectivity index (χ3n) is 1.15. The van der Waals surface area contributed by atoms with E-state index < -0.39 is 0 Å². The van der Waals surface area contributed by atoms with Crippen molar-refractivity contribution < 1.29 is 5.11 Å². The zero-order valence-electron chi connectivity index (χ0n) is 5.10. The predicted molar refractivity (Wildman–Crippen MR) is 40.7 cm³/mol. The van der Waals surface area contributed by atoms with Crippen molar-refractivity contribution in [3.05, 3.63) is 32.7 Å². The first-order valence-electron chi connectivity index (χ1n) is 2.72. The number of halogens is 1. The van der Waals surface area contributed by atoms with Crippen molar-refractivity contribution in [1.82, 2.24) is 4.98 Å². The summed E-state index contributed by atoms with van der Waals surface area (Å²) in [4.78, 5) is 13.2. The van der Waals surface area contributed by atoms with Gasteiger partial charge in [-0.2, -0.15) is 0 Å². The molecule has 0 saturated heterocycles. The van der Waals surface area contributed by atoms with Gasteiger partial charge in [0.2, 0.25) is 0 Å². The molecule has 0 aromatic carbocycles. The first-order valence-corrected chi connectivity index (χ1v) is 3.52. The number of hydrogen-bond acceptors (Lipinski definition) is 2. The summed E-state index contributed by atoms with van der Waals surface area (Å²) in [7, 11) is 0. The largest absolute Gasteiger partial charge is 0.392 e. The van der Waals surface area contributed by atoms with Crippen molar-refractivity contribution in [2.24, 2.45) is 0 Å². The van der Waals surface area contributed by atoms with E-state index in [4.69, 9.17) is 5.11 Å². The number of hydrogen-bond donors (Lipinski definition) is 2. The molecule has 10 heavy (non-hydrogen) atoms. The average molecular weight is 204 g/mol. The third kappa shape index (κ3) is 1.27. The van der Waals surface area contributed by atoms with Crippen LogP contribution in [-0.4, -0.2) is 10.1 Å². The molecule has 0 atom stereocenters. The number of aliphatic hydroxyl groups excluding tert-OH is 1. The molecular formula is C6H6BrNO2. The summed E-state index contributed by atoms with van der Waals surface area (Å²) < 4.78 is 0.400. The summed E-state index contributed by atoms with van der Waals surface area (Å²) in [6, 6.07) is 1.64. The highest BCUT2D eigenvalue weighted by Crippen LogP contribution is 2.08. The van der Waals surface area contributed by atoms with Gasteiger partial charge < -0.3 is 10.1 Å². The van der Waals surface area contributed by atoms with E-state index in [0.717, 1.165) is 0 Å². The van der Waals surface area contributed by atoms with Gasteiger partial charge in [0.05, 0.1) is 11.1 Å². The van der Waals surface area contributed by atoms with Crippen LogP contribution in [0.25, 0.3) is 0 Å². The lowest BCUT2D eigenvalue weighted by Gasteiger charge is -1.95. The van der Waals surface area contributed by atoms with Gasteiger partial charge in [-0.05, 0) is 27.6 Å². The molecular weight excluding hydrogens is 198 g/mol. The highest BCUT2D eigenvalue weighted by molar-refractivity contribution is 9.10. The van der Waals surface area contributed by atoms with E-state index in [9.17, 15) is 4.79 Å². The van der Waals surface area contributed by atoms with Gasteiger partial charge in [-0.15, -0.1) is 0 Å². The zero-order chi connectivity index (χ0) is 7.56. The molecule has 4 heteroatoms. The van der Waals surface area contributed by atoms with Crippen LogP contribution in [0.3, 0.4) is 0 Å². The molecule has 1 aromatic heterocycles. The second-order valence-corrected chi connectivity index (χ2v) is 2.60. The molecule has 0 bridgehead atoms. The molecule has 54 valence electrons. The minimum Gasteiger partial charge on any atom is -0.392 e. The second kappa shape index (κ2) is 2.98. The Bertz CT molecular complexity index is 281. The van der Waals surface area contributed by atoms with E-state index in [0.29, 0.717) is 10.0 Å². The minimum absolute atomic E-state index is 0.121. The molecule has 0 unspecified atom stereocenters. The molecule has 0 aliphatic rings. The molecule has 0 aliphatic carbocycles. The van der Waals surface area contributed by atoms with Gasteiger partial charge in [-0.3, -0.25) is 4.79 Å². The summed E-state index contributed by atoms with van der Waals surface area (Å²) in [6.07, 6.45) is 1.50. The Kier molecular flexibility index (Phi) is 2.24. The van der Waals surface area contributed by atoms with E-state index in [1.165, 1.54) is 6.20 Å². The van der Waals surface area contributed by atoms with Crippen LogP contribution in [-0.2, 0) is 6.61 Å². The van der Waals surface area contributed by atoms with Crippen LogP contribution in [0.15, 0.2) is 21.5 Å². The van der Waals surface area contributed by atoms with Crippen LogP contribution in [0, 0.1) is 0 Å². The van der Waals surface area contributed by atoms with Crippen molar-refractivity contribution in [1.29, 1.82) is 0 Å². The van der Waals surface area contributed by atoms with Crippen molar-refractivity contribution in [3.63, 3.8) is 0 Å². The van der Waals surface area contributed by atoms with E-state index in [2.05, 4.69) is 20.9 Å². The molecule has 1 heterocycles. The maximum absolute atomic E-state index is 10.8. The summed E-state index contributed by atoms with van der Waals surface area (Å²) in [5.74, 6) is 0. The Balaban J connectivity index is 3.28. The number of pyridine rings is 1. The van der Waals surface area contributed by atoms with Crippen molar-refractivity contribution in [3.8, 4) is 0 Å². The lowest BCUT2D eigenvalue weighted by molar-refractivity contribution is 0.281. The average Bonchev–Trinajstić information content (AvgIpc) is 1.95. The molecule has 0 fully saturated rings. The molecule has 1 rings (SSSR count). The van der Waals surface area contributed by atoms with Crippen LogP contribution in [0.4, 0.5) is 0 Å². The van der Waals surface area contributed by atoms with Crippen molar-refractivity contribution in [2.75, 3.05) is 0 Å². The smallest absolute Gasteiger partial charge is 0.262 e. The van der Waals surface area contributed by atoms with Gasteiger partial charge in [0.1, 0.15) is 0 Å². The lowest BCUT2D eigenvalue weighted by Crippen LogP contribution is -2.07. The van der Waals surface area contributed by atoms with Crippen LogP contribution in [0.2, 0.25) is 0 Å². The molecule has 0 aliphatic heterocycles. The summed E-state index contributed by atoms with van der Waals surface area (Å²) >= 11 is 3.04. The Morgan fingerprint density at radius 2 is 2.40 bits per heavy atom. The molecule has 0 spiro atoms. The van der Waals surface area contributed by atoms with Crippen LogP contribution in [0.5, 0.6) is 0 Å². The number of rotatable bonds is 1. The third-order valence-corrected chi connectivity index (χ3v) is 2.02. The van der Waals surface area contributed by atoms with Gasteiger partial charge in [-0.1, -0.05) is 0 Å². The first-order chi connectivity index (χ1) is 4.75. The fourth-order valence-electron chi connectivity index (χ4n) is 0.622. The first kappa shape index (κ1) is 7.50. The Hall–Kier alpha value is -0.610. The Morgan fingerprint density at radius 3 is 2.90 bits per heavy atom. The van der Waals surface area contributed by atoms with Gasteiger partial charge in [0.25, 0.3) is 5.56 Å². The fraction of sp³-hybridized carbons (Fsp3) is 0.167. The van der Waals surface area contributed by atoms with Gasteiger partial charge in [-0.25, -0.2) is 0 Å². The number of aromatic amines is 1. The normalized spacial score (nSPS) is 9.80. The number of nitrogens with one attached hydrogen (secondary N) is 1. The van der Waals surface area contributed by atoms with E-state index >= 15 is 0 Å². The zero-order valence-corrected chi connectivity index (χ0v) is 6.68. The summed E-state index contributed by atoms with van der Waals surface area (Å²) in [6.45, 7) is -0.121. The molecule has 0 saturated carbocycles. The van der Waals surface area contributed by atoms with Gasteiger partial charge in [0.15, 0.2) is 0 Å². The minimum atomic E-state index is -0.216. The highest BCUT2D eigenvalue weighted by atomic mass is 79.9. The van der Waals surface area contributed by atoms with E-state index in [1.54, 1.807) is 6.07 Å². The maximum Gasteiger partial charge on any atom is 0.262 e. The molecule has 3 nitrogen and oxygen atoms in total. The maximum atomic E-state index is 10.8. The van der Waals surface area contributed by atoms with E-state index in [-0.39, 0.29) is 12.2 Å². The Labute approximate surface area is 65.8 Å². The van der Waals surface area contributed by atoms with E-state index in [1.807, 2.05) is 0 Å². The Morgan fingerprint density at radius 1 is 1.70 bits per heavy atom. The molecule has 0 radical (unpaired) electrons. The summed E-state index contributed by atoms with van der Waals surface area (Å²) in [5, 5.41) is 8.66. The van der Waals surface area contributed by atoms with Crippen molar-refractivity contribution in [2.45, 2.75) is 6.61 Å². The number of aromatic nitrogens is 1. The van der Waals surface area contributed by atoms with Gasteiger partial charge >= 0.3 is 0 Å². The number of H-pyrrole nitrogens is 1. The second-order valence-electron chi connectivity index (χ2n) is 1.80. The molecule has 1 aromatic rings. The van der Waals surface area contributed by atoms with Crippen LogP contribution < -0.4 is 5.56 Å². The summed E-state index contributed by atoms with van der Waals surface area (Å²) in [5.41, 5.74) is 0.385. The number of aliphatic hydroxyl groups is 1. The highest BCUT2D eigenvalue weighted by Gasteiger charge is 1.99.